The molecular formula is C22H27N5O3. The fraction of sp³-hybridized carbons (Fsp3) is 0.409. The SMILES string of the molecule is COCCCn1c(C)c(C)n2c3c(=O)n(Cc4ccc(C)cc4)c(=O)n(C)c3nc12. The molecule has 4 rings (SSSR count). The van der Waals surface area contributed by atoms with Gasteiger partial charge < -0.3 is 9.30 Å². The number of nitrogens with zero attached hydrogens (tertiary/aromatic N) is 5. The molecule has 0 spiro atoms. The lowest BCUT2D eigenvalue weighted by atomic mass is 10.1. The van der Waals surface area contributed by atoms with Crippen molar-refractivity contribution in [1.82, 2.24) is 23.1 Å². The third kappa shape index (κ3) is 3.08. The van der Waals surface area contributed by atoms with E-state index < -0.39 is 0 Å². The Morgan fingerprint density at radius 2 is 1.70 bits per heavy atom. The fourth-order valence-electron chi connectivity index (χ4n) is 3.97. The molecule has 0 atom stereocenters. The number of fused-ring (bicyclic) bond motifs is 3. The van der Waals surface area contributed by atoms with Gasteiger partial charge in [-0.3, -0.25) is 18.3 Å². The lowest BCUT2D eigenvalue weighted by molar-refractivity contribution is 0.190. The van der Waals surface area contributed by atoms with Crippen LogP contribution in [0.2, 0.25) is 0 Å². The molecule has 3 heterocycles. The lowest BCUT2D eigenvalue weighted by Gasteiger charge is -2.09. The van der Waals surface area contributed by atoms with E-state index in [-0.39, 0.29) is 17.8 Å². The number of benzene rings is 1. The minimum absolute atomic E-state index is 0.224. The number of aromatic nitrogens is 5. The monoisotopic (exact) mass is 409 g/mol. The molecule has 8 heteroatoms. The standard InChI is InChI=1S/C22H27N5O3/c1-14-7-9-17(10-8-14)13-26-20(28)18-19(24(4)22(26)29)23-21-25(11-6-12-30-5)15(2)16(3)27(18)21/h7-10H,6,11-13H2,1-5H3. The zero-order valence-corrected chi connectivity index (χ0v) is 18.1. The van der Waals surface area contributed by atoms with Crippen LogP contribution in [0.5, 0.6) is 0 Å². The molecule has 0 amide bonds. The molecular weight excluding hydrogens is 382 g/mol. The average molecular weight is 409 g/mol. The molecule has 1 aromatic carbocycles. The number of hydrogen-bond acceptors (Lipinski definition) is 4. The fourth-order valence-corrected chi connectivity index (χ4v) is 3.97. The van der Waals surface area contributed by atoms with Gasteiger partial charge in [0.2, 0.25) is 5.78 Å². The Morgan fingerprint density at radius 1 is 1.00 bits per heavy atom. The summed E-state index contributed by atoms with van der Waals surface area (Å²) in [4.78, 5) is 31.1. The smallest absolute Gasteiger partial charge is 0.332 e. The first-order valence-electron chi connectivity index (χ1n) is 10.1. The summed E-state index contributed by atoms with van der Waals surface area (Å²) in [6.45, 7) is 7.60. The zero-order chi connectivity index (χ0) is 21.6. The Bertz CT molecular complexity index is 1350. The van der Waals surface area contributed by atoms with Crippen molar-refractivity contribution in [3.05, 3.63) is 67.6 Å². The molecule has 8 nitrogen and oxygen atoms in total. The maximum Gasteiger partial charge on any atom is 0.332 e. The minimum Gasteiger partial charge on any atom is -0.385 e. The first kappa shape index (κ1) is 20.2. The van der Waals surface area contributed by atoms with Gasteiger partial charge in [-0.1, -0.05) is 29.8 Å². The molecule has 0 bridgehead atoms. The molecule has 3 aromatic heterocycles. The first-order chi connectivity index (χ1) is 14.3. The number of imidazole rings is 2. The van der Waals surface area contributed by atoms with Crippen molar-refractivity contribution in [3.63, 3.8) is 0 Å². The second-order valence-electron chi connectivity index (χ2n) is 7.81. The largest absolute Gasteiger partial charge is 0.385 e. The van der Waals surface area contributed by atoms with Crippen molar-refractivity contribution in [2.45, 2.75) is 40.3 Å². The summed E-state index contributed by atoms with van der Waals surface area (Å²) in [7, 11) is 3.35. The molecule has 0 aliphatic carbocycles. The van der Waals surface area contributed by atoms with Crippen LogP contribution < -0.4 is 11.2 Å². The Morgan fingerprint density at radius 3 is 2.37 bits per heavy atom. The highest BCUT2D eigenvalue weighted by Gasteiger charge is 2.22. The van der Waals surface area contributed by atoms with Crippen LogP contribution in [-0.4, -0.2) is 36.8 Å². The Labute approximate surface area is 174 Å². The van der Waals surface area contributed by atoms with Crippen LogP contribution in [0.15, 0.2) is 33.9 Å². The van der Waals surface area contributed by atoms with E-state index in [1.165, 1.54) is 9.13 Å². The molecule has 0 saturated heterocycles. The van der Waals surface area contributed by atoms with Crippen LogP contribution in [0.4, 0.5) is 0 Å². The second-order valence-corrected chi connectivity index (χ2v) is 7.81. The Kier molecular flexibility index (Phi) is 5.11. The zero-order valence-electron chi connectivity index (χ0n) is 18.1. The van der Waals surface area contributed by atoms with Gasteiger partial charge in [0.15, 0.2) is 11.2 Å². The van der Waals surface area contributed by atoms with Gasteiger partial charge in [-0.15, -0.1) is 0 Å². The van der Waals surface area contributed by atoms with E-state index in [2.05, 4.69) is 4.57 Å². The van der Waals surface area contributed by atoms with E-state index in [1.807, 2.05) is 49.4 Å². The van der Waals surface area contributed by atoms with Crippen molar-refractivity contribution in [3.8, 4) is 0 Å². The van der Waals surface area contributed by atoms with Gasteiger partial charge in [-0.2, -0.15) is 4.98 Å². The van der Waals surface area contributed by atoms with E-state index in [0.717, 1.165) is 35.5 Å². The normalized spacial score (nSPS) is 11.8. The van der Waals surface area contributed by atoms with E-state index in [9.17, 15) is 9.59 Å². The van der Waals surface area contributed by atoms with Crippen LogP contribution in [-0.2, 0) is 24.9 Å². The van der Waals surface area contributed by atoms with Crippen molar-refractivity contribution in [1.29, 1.82) is 0 Å². The molecule has 0 radical (unpaired) electrons. The summed E-state index contributed by atoms with van der Waals surface area (Å²) in [5.41, 5.74) is 4.19. The molecule has 30 heavy (non-hydrogen) atoms. The van der Waals surface area contributed by atoms with Gasteiger partial charge in [-0.05, 0) is 32.8 Å². The predicted molar refractivity (Wildman–Crippen MR) is 116 cm³/mol. The van der Waals surface area contributed by atoms with Crippen molar-refractivity contribution in [2.75, 3.05) is 13.7 Å². The molecule has 0 fully saturated rings. The summed E-state index contributed by atoms with van der Waals surface area (Å²) in [6.07, 6.45) is 0.834. The van der Waals surface area contributed by atoms with Gasteiger partial charge in [0.1, 0.15) is 0 Å². The van der Waals surface area contributed by atoms with E-state index >= 15 is 0 Å². The minimum atomic E-state index is -0.367. The molecule has 0 saturated carbocycles. The van der Waals surface area contributed by atoms with Gasteiger partial charge in [0.25, 0.3) is 5.56 Å². The van der Waals surface area contributed by atoms with Gasteiger partial charge in [0.05, 0.1) is 6.54 Å². The van der Waals surface area contributed by atoms with Crippen LogP contribution in [0.25, 0.3) is 16.9 Å². The summed E-state index contributed by atoms with van der Waals surface area (Å²) >= 11 is 0. The van der Waals surface area contributed by atoms with Crippen LogP contribution in [0, 0.1) is 20.8 Å². The predicted octanol–water partition coefficient (Wildman–Crippen LogP) is 2.16. The third-order valence-electron chi connectivity index (χ3n) is 5.82. The van der Waals surface area contributed by atoms with Crippen LogP contribution >= 0.6 is 0 Å². The Balaban J connectivity index is 1.95. The summed E-state index contributed by atoms with van der Waals surface area (Å²) in [5.74, 6) is 0.677. The molecule has 0 aliphatic rings. The van der Waals surface area contributed by atoms with E-state index in [1.54, 1.807) is 14.2 Å². The quantitative estimate of drug-likeness (QED) is 0.458. The highest BCUT2D eigenvalue weighted by atomic mass is 16.5. The van der Waals surface area contributed by atoms with Gasteiger partial charge in [0, 0.05) is 38.7 Å². The van der Waals surface area contributed by atoms with Crippen molar-refractivity contribution < 1.29 is 4.74 Å². The van der Waals surface area contributed by atoms with Gasteiger partial charge >= 0.3 is 5.69 Å². The van der Waals surface area contributed by atoms with E-state index in [4.69, 9.17) is 9.72 Å². The highest BCUT2D eigenvalue weighted by molar-refractivity contribution is 5.76. The Hall–Kier alpha value is -3.13. The molecule has 0 aliphatic heterocycles. The van der Waals surface area contributed by atoms with Crippen molar-refractivity contribution >= 4 is 16.9 Å². The maximum absolute atomic E-state index is 13.4. The van der Waals surface area contributed by atoms with E-state index in [0.29, 0.717) is 23.5 Å². The summed E-state index contributed by atoms with van der Waals surface area (Å²) < 4.78 is 11.9. The molecule has 158 valence electrons. The average Bonchev–Trinajstić information content (AvgIpc) is 3.22. The lowest BCUT2D eigenvalue weighted by Crippen LogP contribution is -2.39. The molecule has 4 aromatic rings. The number of hydrogen-bond donors (Lipinski definition) is 0. The first-order valence-corrected chi connectivity index (χ1v) is 10.1. The molecule has 0 N–H and O–H groups in total. The number of rotatable bonds is 6. The van der Waals surface area contributed by atoms with Gasteiger partial charge in [-0.25, -0.2) is 4.79 Å². The number of aryl methyl sites for hydroxylation is 4. The third-order valence-corrected chi connectivity index (χ3v) is 5.82. The van der Waals surface area contributed by atoms with Crippen LogP contribution in [0.3, 0.4) is 0 Å². The highest BCUT2D eigenvalue weighted by Crippen LogP contribution is 2.21. The van der Waals surface area contributed by atoms with Crippen LogP contribution in [0.1, 0.15) is 28.9 Å². The second kappa shape index (κ2) is 7.60. The molecule has 0 unspecified atom stereocenters. The summed E-state index contributed by atoms with van der Waals surface area (Å²) in [5, 5.41) is 0. The van der Waals surface area contributed by atoms with Crippen molar-refractivity contribution in [2.24, 2.45) is 7.05 Å². The topological polar surface area (TPSA) is 75.5 Å². The number of ether oxygens (including phenoxy) is 1. The maximum atomic E-state index is 13.4. The summed E-state index contributed by atoms with van der Waals surface area (Å²) in [6, 6.07) is 7.85. The number of methoxy groups -OCH3 is 1.